The third-order valence-electron chi connectivity index (χ3n) is 2.31. The number of hydrogen-bond acceptors (Lipinski definition) is 4. The van der Waals surface area contributed by atoms with Gasteiger partial charge in [-0.25, -0.2) is 4.79 Å². The van der Waals surface area contributed by atoms with Crippen LogP contribution < -0.4 is 5.32 Å². The highest BCUT2D eigenvalue weighted by Crippen LogP contribution is 2.28. The average molecular weight is 280 g/mol. The van der Waals surface area contributed by atoms with E-state index in [4.69, 9.17) is 4.74 Å². The molecule has 0 unspecified atom stereocenters. The molecule has 1 rings (SSSR count). The molecule has 2 N–H and O–H groups in total. The van der Waals surface area contributed by atoms with Gasteiger partial charge in [0, 0.05) is 14.1 Å². The minimum atomic E-state index is -0.692. The molecule has 0 radical (unpaired) electrons. The second-order valence-electron chi connectivity index (χ2n) is 5.53. The fourth-order valence-electron chi connectivity index (χ4n) is 1.47. The van der Waals surface area contributed by atoms with Gasteiger partial charge in [0.1, 0.15) is 5.60 Å². The Morgan fingerprint density at radius 3 is 2.35 bits per heavy atom. The molecule has 0 saturated carbocycles. The lowest BCUT2D eigenvalue weighted by atomic mass is 10.1. The van der Waals surface area contributed by atoms with Crippen LogP contribution >= 0.6 is 0 Å². The van der Waals surface area contributed by atoms with Gasteiger partial charge in [0.25, 0.3) is 5.91 Å². The third-order valence-corrected chi connectivity index (χ3v) is 2.31. The Bertz CT molecular complexity index is 518. The van der Waals surface area contributed by atoms with Crippen LogP contribution in [0.15, 0.2) is 18.2 Å². The SMILES string of the molecule is CN(C)C(=O)c1cccc(NC(=O)OC(C)(C)C)c1O. The number of nitrogens with zero attached hydrogens (tertiary/aromatic N) is 1. The molecule has 0 aromatic heterocycles. The van der Waals surface area contributed by atoms with E-state index in [1.165, 1.54) is 17.0 Å². The molecule has 0 aliphatic heterocycles. The van der Waals surface area contributed by atoms with Crippen molar-refractivity contribution in [2.45, 2.75) is 26.4 Å². The van der Waals surface area contributed by atoms with Gasteiger partial charge in [-0.1, -0.05) is 6.07 Å². The van der Waals surface area contributed by atoms with Crippen LogP contribution in [0.5, 0.6) is 5.75 Å². The Morgan fingerprint density at radius 1 is 1.25 bits per heavy atom. The predicted molar refractivity (Wildman–Crippen MR) is 76.0 cm³/mol. The lowest BCUT2D eigenvalue weighted by Gasteiger charge is -2.20. The van der Waals surface area contributed by atoms with E-state index in [0.29, 0.717) is 0 Å². The third kappa shape index (κ3) is 4.15. The summed E-state index contributed by atoms with van der Waals surface area (Å²) in [6.07, 6.45) is -0.692. The number of benzene rings is 1. The van der Waals surface area contributed by atoms with Gasteiger partial charge in [0.2, 0.25) is 0 Å². The quantitative estimate of drug-likeness (QED) is 0.815. The fourth-order valence-corrected chi connectivity index (χ4v) is 1.47. The molecule has 2 amide bonds. The summed E-state index contributed by atoms with van der Waals surface area (Å²) in [6.45, 7) is 5.20. The van der Waals surface area contributed by atoms with Crippen LogP contribution in [0.2, 0.25) is 0 Å². The predicted octanol–water partition coefficient (Wildman–Crippen LogP) is 2.44. The molecule has 6 heteroatoms. The highest BCUT2D eigenvalue weighted by Gasteiger charge is 2.20. The van der Waals surface area contributed by atoms with Crippen LogP contribution in [0.4, 0.5) is 10.5 Å². The van der Waals surface area contributed by atoms with Crippen molar-refractivity contribution in [3.63, 3.8) is 0 Å². The van der Waals surface area contributed by atoms with Crippen molar-refractivity contribution < 1.29 is 19.4 Å². The first-order valence-corrected chi connectivity index (χ1v) is 6.15. The molecule has 1 aromatic carbocycles. The van der Waals surface area contributed by atoms with Crippen molar-refractivity contribution in [1.82, 2.24) is 4.90 Å². The van der Waals surface area contributed by atoms with E-state index in [1.807, 2.05) is 0 Å². The van der Waals surface area contributed by atoms with Crippen molar-refractivity contribution >= 4 is 17.7 Å². The average Bonchev–Trinajstić information content (AvgIpc) is 2.28. The summed E-state index contributed by atoms with van der Waals surface area (Å²) in [6, 6.07) is 4.55. The molecule has 20 heavy (non-hydrogen) atoms. The number of ether oxygens (including phenoxy) is 1. The monoisotopic (exact) mass is 280 g/mol. The van der Waals surface area contributed by atoms with E-state index in [1.54, 1.807) is 40.9 Å². The van der Waals surface area contributed by atoms with Crippen LogP contribution in [0.1, 0.15) is 31.1 Å². The molecular formula is C14H20N2O4. The van der Waals surface area contributed by atoms with Gasteiger partial charge in [-0.15, -0.1) is 0 Å². The molecule has 0 bridgehead atoms. The first-order valence-electron chi connectivity index (χ1n) is 6.15. The zero-order valence-electron chi connectivity index (χ0n) is 12.4. The van der Waals surface area contributed by atoms with Crippen LogP contribution in [-0.2, 0) is 4.74 Å². The van der Waals surface area contributed by atoms with Crippen LogP contribution in [0.3, 0.4) is 0 Å². The summed E-state index contributed by atoms with van der Waals surface area (Å²) in [5.41, 5.74) is -0.396. The van der Waals surface area contributed by atoms with Gasteiger partial charge >= 0.3 is 6.09 Å². The summed E-state index contributed by atoms with van der Waals surface area (Å²) < 4.78 is 5.09. The summed E-state index contributed by atoms with van der Waals surface area (Å²) in [5.74, 6) is -0.632. The first kappa shape index (κ1) is 15.8. The minimum absolute atomic E-state index is 0.114. The Kier molecular flexibility index (Phi) is 4.60. The number of carbonyl (C=O) groups excluding carboxylic acids is 2. The zero-order valence-corrected chi connectivity index (χ0v) is 12.4. The molecule has 0 aliphatic rings. The topological polar surface area (TPSA) is 78.9 Å². The van der Waals surface area contributed by atoms with E-state index in [0.717, 1.165) is 0 Å². The van der Waals surface area contributed by atoms with E-state index >= 15 is 0 Å². The summed E-state index contributed by atoms with van der Waals surface area (Å²) >= 11 is 0. The second-order valence-corrected chi connectivity index (χ2v) is 5.53. The number of aromatic hydroxyl groups is 1. The molecular weight excluding hydrogens is 260 g/mol. The molecule has 0 fully saturated rings. The Balaban J connectivity index is 2.95. The molecule has 0 spiro atoms. The summed E-state index contributed by atoms with van der Waals surface area (Å²) in [7, 11) is 3.16. The Labute approximate surface area is 118 Å². The Hall–Kier alpha value is -2.24. The second kappa shape index (κ2) is 5.81. The number of amides is 2. The number of anilines is 1. The first-order chi connectivity index (χ1) is 9.11. The van der Waals surface area contributed by atoms with E-state index < -0.39 is 11.7 Å². The highest BCUT2D eigenvalue weighted by atomic mass is 16.6. The number of rotatable bonds is 2. The van der Waals surface area contributed by atoms with Crippen molar-refractivity contribution in [2.24, 2.45) is 0 Å². The maximum Gasteiger partial charge on any atom is 0.412 e. The van der Waals surface area contributed by atoms with E-state index in [-0.39, 0.29) is 22.9 Å². The summed E-state index contributed by atoms with van der Waals surface area (Å²) in [5, 5.41) is 12.5. The lowest BCUT2D eigenvalue weighted by Crippen LogP contribution is -2.27. The van der Waals surface area contributed by atoms with Crippen LogP contribution in [0.25, 0.3) is 0 Å². The molecule has 0 saturated heterocycles. The fraction of sp³-hybridized carbons (Fsp3) is 0.429. The van der Waals surface area contributed by atoms with E-state index in [9.17, 15) is 14.7 Å². The maximum absolute atomic E-state index is 11.9. The number of para-hydroxylation sites is 1. The number of nitrogens with one attached hydrogen (secondary N) is 1. The van der Waals surface area contributed by atoms with Gasteiger partial charge in [-0.2, -0.15) is 0 Å². The van der Waals surface area contributed by atoms with Crippen molar-refractivity contribution in [3.05, 3.63) is 23.8 Å². The molecule has 6 nitrogen and oxygen atoms in total. The maximum atomic E-state index is 11.9. The van der Waals surface area contributed by atoms with Gasteiger partial charge < -0.3 is 14.7 Å². The van der Waals surface area contributed by atoms with Gasteiger partial charge in [0.15, 0.2) is 5.75 Å². The van der Waals surface area contributed by atoms with Crippen molar-refractivity contribution in [2.75, 3.05) is 19.4 Å². The summed E-state index contributed by atoms with van der Waals surface area (Å²) in [4.78, 5) is 24.8. The number of carbonyl (C=O) groups is 2. The van der Waals surface area contributed by atoms with Crippen LogP contribution in [0, 0.1) is 0 Å². The molecule has 0 heterocycles. The largest absolute Gasteiger partial charge is 0.505 e. The smallest absolute Gasteiger partial charge is 0.412 e. The van der Waals surface area contributed by atoms with Gasteiger partial charge in [-0.3, -0.25) is 10.1 Å². The molecule has 1 aromatic rings. The van der Waals surface area contributed by atoms with Crippen molar-refractivity contribution in [1.29, 1.82) is 0 Å². The zero-order chi connectivity index (χ0) is 15.5. The van der Waals surface area contributed by atoms with Gasteiger partial charge in [0.05, 0.1) is 11.3 Å². The molecule has 0 aliphatic carbocycles. The standard InChI is InChI=1S/C14H20N2O4/c1-14(2,3)20-13(19)15-10-8-6-7-9(11(10)17)12(18)16(4)5/h6-8,17H,1-5H3,(H,15,19). The number of hydrogen-bond donors (Lipinski definition) is 2. The molecule has 110 valence electrons. The highest BCUT2D eigenvalue weighted by molar-refractivity contribution is 6.00. The van der Waals surface area contributed by atoms with E-state index in [2.05, 4.69) is 5.32 Å². The number of phenolic OH excluding ortho intramolecular Hbond substituents is 1. The van der Waals surface area contributed by atoms with Crippen LogP contribution in [-0.4, -0.2) is 41.7 Å². The lowest BCUT2D eigenvalue weighted by molar-refractivity contribution is 0.0634. The van der Waals surface area contributed by atoms with Gasteiger partial charge in [-0.05, 0) is 32.9 Å². The number of phenols is 1. The minimum Gasteiger partial charge on any atom is -0.505 e. The Morgan fingerprint density at radius 2 is 1.85 bits per heavy atom. The molecule has 0 atom stereocenters. The van der Waals surface area contributed by atoms with Crippen molar-refractivity contribution in [3.8, 4) is 5.75 Å². The normalized spacial score (nSPS) is 10.8.